The molecule has 0 aliphatic carbocycles. The first-order valence-corrected chi connectivity index (χ1v) is 9.79. The lowest BCUT2D eigenvalue weighted by atomic mass is 10.2. The van der Waals surface area contributed by atoms with Crippen LogP contribution in [0, 0.1) is 0 Å². The molecule has 3 aromatic rings. The van der Waals surface area contributed by atoms with Crippen LogP contribution in [0.3, 0.4) is 0 Å². The third-order valence-corrected chi connectivity index (χ3v) is 4.96. The van der Waals surface area contributed by atoms with Crippen molar-refractivity contribution in [3.05, 3.63) is 65.6 Å². The minimum absolute atomic E-state index is 0.00120. The summed E-state index contributed by atoms with van der Waals surface area (Å²) in [7, 11) is 1.76. The Kier molecular flexibility index (Phi) is 5.71. The van der Waals surface area contributed by atoms with Gasteiger partial charge in [-0.15, -0.1) is 0 Å². The zero-order chi connectivity index (χ0) is 20.2. The van der Waals surface area contributed by atoms with Gasteiger partial charge < -0.3 is 18.8 Å². The minimum atomic E-state index is -0.197. The average Bonchev–Trinajstić information content (AvgIpc) is 3.21. The van der Waals surface area contributed by atoms with Gasteiger partial charge in [-0.2, -0.15) is 0 Å². The van der Waals surface area contributed by atoms with Crippen LogP contribution in [0.25, 0.3) is 11.3 Å². The quantitative estimate of drug-likeness (QED) is 0.606. The molecule has 0 bridgehead atoms. The van der Waals surface area contributed by atoms with Gasteiger partial charge in [0.05, 0.1) is 12.7 Å². The molecular formula is C22H21ClN2O4. The van der Waals surface area contributed by atoms with Gasteiger partial charge in [-0.05, 0) is 36.4 Å². The third kappa shape index (κ3) is 4.71. The number of carbonyl (C=O) groups is 1. The Hall–Kier alpha value is -2.99. The van der Waals surface area contributed by atoms with Crippen molar-refractivity contribution >= 4 is 17.5 Å². The summed E-state index contributed by atoms with van der Waals surface area (Å²) in [5.74, 6) is 2.63. The Morgan fingerprint density at radius 3 is 2.72 bits per heavy atom. The fraction of sp³-hybridized carbons (Fsp3) is 0.273. The topological polar surface area (TPSA) is 64.8 Å². The molecule has 1 aliphatic heterocycles. The van der Waals surface area contributed by atoms with Gasteiger partial charge in [0.25, 0.3) is 0 Å². The number of oxazole rings is 1. The van der Waals surface area contributed by atoms with Crippen molar-refractivity contribution in [1.82, 2.24) is 9.88 Å². The highest BCUT2D eigenvalue weighted by molar-refractivity contribution is 6.30. The number of halogens is 1. The van der Waals surface area contributed by atoms with E-state index in [9.17, 15) is 4.79 Å². The van der Waals surface area contributed by atoms with E-state index in [1.807, 2.05) is 36.4 Å². The molecule has 0 fully saturated rings. The van der Waals surface area contributed by atoms with Crippen LogP contribution in [-0.2, 0) is 11.2 Å². The smallest absolute Gasteiger partial charge is 0.222 e. The Bertz CT molecular complexity index is 986. The van der Waals surface area contributed by atoms with Crippen LogP contribution in [0.1, 0.15) is 12.3 Å². The average molecular weight is 413 g/mol. The molecule has 1 aliphatic rings. The number of para-hydroxylation sites is 2. The number of benzene rings is 2. The summed E-state index contributed by atoms with van der Waals surface area (Å²) in [5.41, 5.74) is 0.895. The zero-order valence-electron chi connectivity index (χ0n) is 16.0. The van der Waals surface area contributed by atoms with E-state index in [1.165, 1.54) is 0 Å². The van der Waals surface area contributed by atoms with Gasteiger partial charge in [-0.3, -0.25) is 4.79 Å². The summed E-state index contributed by atoms with van der Waals surface area (Å²) in [6, 6.07) is 14.9. The van der Waals surface area contributed by atoms with Crippen molar-refractivity contribution in [2.75, 3.05) is 20.2 Å². The summed E-state index contributed by atoms with van der Waals surface area (Å²) in [4.78, 5) is 18.4. The van der Waals surface area contributed by atoms with Crippen molar-refractivity contribution in [2.45, 2.75) is 18.9 Å². The molecule has 1 amide bonds. The Morgan fingerprint density at radius 1 is 1.17 bits per heavy atom. The number of aromatic nitrogens is 1. The van der Waals surface area contributed by atoms with Crippen molar-refractivity contribution in [1.29, 1.82) is 0 Å². The fourth-order valence-electron chi connectivity index (χ4n) is 3.14. The Morgan fingerprint density at radius 2 is 1.93 bits per heavy atom. The molecule has 2 aromatic carbocycles. The van der Waals surface area contributed by atoms with Gasteiger partial charge in [0, 0.05) is 30.5 Å². The van der Waals surface area contributed by atoms with Crippen LogP contribution < -0.4 is 9.47 Å². The lowest BCUT2D eigenvalue weighted by molar-refractivity contribution is -0.131. The molecule has 2 heterocycles. The predicted molar refractivity (Wildman–Crippen MR) is 109 cm³/mol. The van der Waals surface area contributed by atoms with Crippen LogP contribution in [0.2, 0.25) is 5.02 Å². The second-order valence-corrected chi connectivity index (χ2v) is 7.33. The monoisotopic (exact) mass is 412 g/mol. The van der Waals surface area contributed by atoms with Crippen LogP contribution in [0.15, 0.2) is 59.1 Å². The molecular weight excluding hydrogens is 392 g/mol. The molecule has 7 heteroatoms. The molecule has 0 saturated heterocycles. The maximum atomic E-state index is 12.5. The number of likely N-dealkylation sites (N-methyl/N-ethyl adjacent to an activating group) is 1. The summed E-state index contributed by atoms with van der Waals surface area (Å²) < 4.78 is 17.4. The number of carbonyl (C=O) groups excluding carboxylic acids is 1. The predicted octanol–water partition coefficient (Wildman–Crippen LogP) is 4.23. The zero-order valence-corrected chi connectivity index (χ0v) is 16.8. The largest absolute Gasteiger partial charge is 0.486 e. The SMILES string of the molecule is CN(CC1COc2ccccc2O1)C(=O)CCc1ncc(-c2ccc(Cl)cc2)o1. The van der Waals surface area contributed by atoms with E-state index in [1.54, 1.807) is 30.3 Å². The fourth-order valence-corrected chi connectivity index (χ4v) is 3.26. The van der Waals surface area contributed by atoms with Gasteiger partial charge in [-0.1, -0.05) is 23.7 Å². The summed E-state index contributed by atoms with van der Waals surface area (Å²) in [5, 5.41) is 0.665. The van der Waals surface area contributed by atoms with E-state index in [2.05, 4.69) is 4.98 Å². The van der Waals surface area contributed by atoms with Gasteiger partial charge >= 0.3 is 0 Å². The van der Waals surface area contributed by atoms with Crippen LogP contribution in [0.4, 0.5) is 0 Å². The van der Waals surface area contributed by atoms with Gasteiger partial charge in [0.2, 0.25) is 5.91 Å². The van der Waals surface area contributed by atoms with E-state index in [0.29, 0.717) is 48.4 Å². The second-order valence-electron chi connectivity index (χ2n) is 6.90. The first kappa shape index (κ1) is 19.3. The number of amides is 1. The molecule has 29 heavy (non-hydrogen) atoms. The van der Waals surface area contributed by atoms with Gasteiger partial charge in [0.1, 0.15) is 6.61 Å². The molecule has 1 aromatic heterocycles. The standard InChI is InChI=1S/C22H21ClN2O4/c1-25(13-17-14-27-18-4-2-3-5-19(18)28-17)22(26)11-10-21-24-12-20(29-21)15-6-8-16(23)9-7-15/h2-9,12,17H,10-11,13-14H2,1H3. The maximum absolute atomic E-state index is 12.5. The normalized spacial score (nSPS) is 15.2. The Labute approximate surface area is 174 Å². The minimum Gasteiger partial charge on any atom is -0.486 e. The number of aryl methyl sites for hydroxylation is 1. The molecule has 150 valence electrons. The summed E-state index contributed by atoms with van der Waals surface area (Å²) in [6.07, 6.45) is 2.21. The second kappa shape index (κ2) is 8.57. The molecule has 0 radical (unpaired) electrons. The number of rotatable bonds is 6. The lowest BCUT2D eigenvalue weighted by Gasteiger charge is -2.29. The van der Waals surface area contributed by atoms with Gasteiger partial charge in [0.15, 0.2) is 29.3 Å². The number of fused-ring (bicyclic) bond motifs is 1. The van der Waals surface area contributed by atoms with Crippen molar-refractivity contribution in [2.24, 2.45) is 0 Å². The maximum Gasteiger partial charge on any atom is 0.222 e. The van der Waals surface area contributed by atoms with E-state index in [0.717, 1.165) is 11.3 Å². The highest BCUT2D eigenvalue weighted by Gasteiger charge is 2.23. The number of nitrogens with zero attached hydrogens (tertiary/aromatic N) is 2. The van der Waals surface area contributed by atoms with Crippen molar-refractivity contribution in [3.63, 3.8) is 0 Å². The molecule has 0 saturated carbocycles. The first-order chi connectivity index (χ1) is 14.1. The van der Waals surface area contributed by atoms with E-state index >= 15 is 0 Å². The highest BCUT2D eigenvalue weighted by atomic mass is 35.5. The van der Waals surface area contributed by atoms with Crippen molar-refractivity contribution in [3.8, 4) is 22.8 Å². The van der Waals surface area contributed by atoms with Crippen LogP contribution in [-0.4, -0.2) is 42.1 Å². The number of ether oxygens (including phenoxy) is 2. The number of hydrogen-bond donors (Lipinski definition) is 0. The van der Waals surface area contributed by atoms with E-state index in [4.69, 9.17) is 25.5 Å². The lowest BCUT2D eigenvalue weighted by Crippen LogP contribution is -2.41. The van der Waals surface area contributed by atoms with Crippen LogP contribution in [0.5, 0.6) is 11.5 Å². The molecule has 0 N–H and O–H groups in total. The van der Waals surface area contributed by atoms with E-state index in [-0.39, 0.29) is 12.0 Å². The molecule has 1 atom stereocenters. The molecule has 1 unspecified atom stereocenters. The van der Waals surface area contributed by atoms with Crippen LogP contribution >= 0.6 is 11.6 Å². The molecule has 0 spiro atoms. The molecule has 4 rings (SSSR count). The van der Waals surface area contributed by atoms with Crippen molar-refractivity contribution < 1.29 is 18.7 Å². The Balaban J connectivity index is 1.28. The van der Waals surface area contributed by atoms with Gasteiger partial charge in [-0.25, -0.2) is 4.98 Å². The summed E-state index contributed by atoms with van der Waals surface area (Å²) in [6.45, 7) is 0.869. The first-order valence-electron chi connectivity index (χ1n) is 9.41. The summed E-state index contributed by atoms with van der Waals surface area (Å²) >= 11 is 5.91. The molecule has 6 nitrogen and oxygen atoms in total. The third-order valence-electron chi connectivity index (χ3n) is 4.71. The number of hydrogen-bond acceptors (Lipinski definition) is 5. The highest BCUT2D eigenvalue weighted by Crippen LogP contribution is 2.31. The van der Waals surface area contributed by atoms with E-state index < -0.39 is 0 Å².